The molecule has 1 saturated heterocycles. The minimum atomic E-state index is -1.03. The minimum Gasteiger partial charge on any atom is -0.489 e. The van der Waals surface area contributed by atoms with Crippen LogP contribution in [-0.4, -0.2) is 47.3 Å². The summed E-state index contributed by atoms with van der Waals surface area (Å²) in [5.41, 5.74) is -0.254. The van der Waals surface area contributed by atoms with Gasteiger partial charge in [-0.2, -0.15) is 0 Å². The molecule has 9 heteroatoms. The first-order valence-electron chi connectivity index (χ1n) is 7.62. The van der Waals surface area contributed by atoms with E-state index < -0.39 is 11.6 Å². The van der Waals surface area contributed by atoms with Crippen molar-refractivity contribution >= 4 is 30.9 Å². The van der Waals surface area contributed by atoms with E-state index in [2.05, 4.69) is 10.3 Å². The van der Waals surface area contributed by atoms with Crippen LogP contribution >= 0.6 is 24.8 Å². The SMILES string of the molecule is Cl.Cl.O=C(O)N1CCNCC1(COc1cccnc1)c1ccc(F)cc1. The summed E-state index contributed by atoms with van der Waals surface area (Å²) in [5, 5.41) is 12.9. The van der Waals surface area contributed by atoms with Crippen molar-refractivity contribution in [2.24, 2.45) is 0 Å². The molecule has 26 heavy (non-hydrogen) atoms. The normalized spacial score (nSPS) is 19.0. The first kappa shape index (κ1) is 22.0. The van der Waals surface area contributed by atoms with Crippen molar-refractivity contribution in [3.8, 4) is 5.75 Å². The predicted molar refractivity (Wildman–Crippen MR) is 99.9 cm³/mol. The summed E-state index contributed by atoms with van der Waals surface area (Å²) in [5.74, 6) is 0.183. The van der Waals surface area contributed by atoms with E-state index in [-0.39, 0.29) is 37.2 Å². The Morgan fingerprint density at radius 1 is 1.31 bits per heavy atom. The molecule has 1 aromatic heterocycles. The largest absolute Gasteiger partial charge is 0.489 e. The van der Waals surface area contributed by atoms with E-state index in [1.807, 2.05) is 0 Å². The summed E-state index contributed by atoms with van der Waals surface area (Å²) in [7, 11) is 0. The lowest BCUT2D eigenvalue weighted by Crippen LogP contribution is -2.63. The van der Waals surface area contributed by atoms with Gasteiger partial charge < -0.3 is 15.2 Å². The molecule has 2 N–H and O–H groups in total. The number of hydrogen-bond acceptors (Lipinski definition) is 4. The topological polar surface area (TPSA) is 74.7 Å². The fraction of sp³-hybridized carbons (Fsp3) is 0.294. The molecule has 3 rings (SSSR count). The second kappa shape index (κ2) is 9.56. The lowest BCUT2D eigenvalue weighted by molar-refractivity contribution is 0.0218. The zero-order valence-electron chi connectivity index (χ0n) is 13.8. The van der Waals surface area contributed by atoms with Crippen molar-refractivity contribution in [1.82, 2.24) is 15.2 Å². The van der Waals surface area contributed by atoms with Crippen molar-refractivity contribution in [3.05, 3.63) is 60.2 Å². The van der Waals surface area contributed by atoms with Crippen LogP contribution in [0.4, 0.5) is 9.18 Å². The molecule has 1 unspecified atom stereocenters. The quantitative estimate of drug-likeness (QED) is 0.820. The maximum absolute atomic E-state index is 13.3. The molecule has 1 fully saturated rings. The number of carbonyl (C=O) groups is 1. The molecule has 1 atom stereocenters. The smallest absolute Gasteiger partial charge is 0.408 e. The Morgan fingerprint density at radius 3 is 2.65 bits per heavy atom. The Bertz CT molecular complexity index is 706. The van der Waals surface area contributed by atoms with E-state index in [1.54, 1.807) is 36.7 Å². The molecule has 1 aliphatic rings. The molecule has 1 aromatic carbocycles. The van der Waals surface area contributed by atoms with Crippen LogP contribution in [-0.2, 0) is 5.54 Å². The van der Waals surface area contributed by atoms with E-state index in [0.29, 0.717) is 30.9 Å². The number of nitrogens with one attached hydrogen (secondary N) is 1. The monoisotopic (exact) mass is 403 g/mol. The summed E-state index contributed by atoms with van der Waals surface area (Å²) >= 11 is 0. The molecule has 2 aromatic rings. The summed E-state index contributed by atoms with van der Waals surface area (Å²) in [6.45, 7) is 1.36. The maximum atomic E-state index is 13.3. The maximum Gasteiger partial charge on any atom is 0.408 e. The van der Waals surface area contributed by atoms with Gasteiger partial charge in [0.25, 0.3) is 0 Å². The lowest BCUT2D eigenvalue weighted by Gasteiger charge is -2.45. The van der Waals surface area contributed by atoms with Crippen molar-refractivity contribution < 1.29 is 19.0 Å². The van der Waals surface area contributed by atoms with Gasteiger partial charge in [-0.05, 0) is 29.8 Å². The Morgan fingerprint density at radius 2 is 2.04 bits per heavy atom. The minimum absolute atomic E-state index is 0. The number of halogens is 3. The highest BCUT2D eigenvalue weighted by molar-refractivity contribution is 5.85. The van der Waals surface area contributed by atoms with Crippen molar-refractivity contribution in [2.45, 2.75) is 5.54 Å². The van der Waals surface area contributed by atoms with Crippen molar-refractivity contribution in [2.75, 3.05) is 26.2 Å². The van der Waals surface area contributed by atoms with Gasteiger partial charge in [0.15, 0.2) is 0 Å². The fourth-order valence-electron chi connectivity index (χ4n) is 2.94. The van der Waals surface area contributed by atoms with E-state index in [0.717, 1.165) is 0 Å². The Balaban J connectivity index is 0.00000169. The molecular weight excluding hydrogens is 384 g/mol. The fourth-order valence-corrected chi connectivity index (χ4v) is 2.94. The number of carboxylic acid groups (broad SMARTS) is 1. The third-order valence-corrected chi connectivity index (χ3v) is 4.17. The standard InChI is InChI=1S/C17H18FN3O3.2ClH/c18-14-5-3-13(4-6-14)17(11-20-8-9-21(17)16(22)23)12-24-15-2-1-7-19-10-15;;/h1-7,10,20H,8-9,11-12H2,(H,22,23);2*1H. The van der Waals surface area contributed by atoms with E-state index in [1.165, 1.54) is 17.0 Å². The highest BCUT2D eigenvalue weighted by atomic mass is 35.5. The number of aromatic nitrogens is 1. The molecule has 0 aliphatic carbocycles. The number of amides is 1. The predicted octanol–water partition coefficient (Wildman–Crippen LogP) is 2.92. The zero-order valence-corrected chi connectivity index (χ0v) is 15.4. The van der Waals surface area contributed by atoms with Gasteiger partial charge in [-0.25, -0.2) is 9.18 Å². The molecule has 142 valence electrons. The van der Waals surface area contributed by atoms with Crippen LogP contribution in [0.3, 0.4) is 0 Å². The number of ether oxygens (including phenoxy) is 1. The molecule has 2 heterocycles. The first-order chi connectivity index (χ1) is 11.6. The molecule has 0 radical (unpaired) electrons. The Kier molecular flexibility index (Phi) is 8.08. The van der Waals surface area contributed by atoms with Crippen molar-refractivity contribution in [1.29, 1.82) is 0 Å². The third-order valence-electron chi connectivity index (χ3n) is 4.17. The molecular formula is C17H20Cl2FN3O3. The van der Waals surface area contributed by atoms with Gasteiger partial charge in [0.2, 0.25) is 0 Å². The van der Waals surface area contributed by atoms with Crippen LogP contribution in [0.15, 0.2) is 48.8 Å². The number of rotatable bonds is 4. The van der Waals surface area contributed by atoms with Crippen LogP contribution in [0.25, 0.3) is 0 Å². The number of piperazine rings is 1. The lowest BCUT2D eigenvalue weighted by atomic mass is 9.87. The van der Waals surface area contributed by atoms with E-state index >= 15 is 0 Å². The van der Waals surface area contributed by atoms with Crippen LogP contribution in [0, 0.1) is 5.82 Å². The number of nitrogens with zero attached hydrogens (tertiary/aromatic N) is 2. The van der Waals surface area contributed by atoms with Crippen LogP contribution < -0.4 is 10.1 Å². The highest BCUT2D eigenvalue weighted by Gasteiger charge is 2.44. The van der Waals surface area contributed by atoms with E-state index in [4.69, 9.17) is 4.74 Å². The van der Waals surface area contributed by atoms with Gasteiger partial charge in [0.1, 0.15) is 23.7 Å². The van der Waals surface area contributed by atoms with Crippen LogP contribution in [0.2, 0.25) is 0 Å². The average Bonchev–Trinajstić information content (AvgIpc) is 2.61. The second-order valence-electron chi connectivity index (χ2n) is 5.63. The van der Waals surface area contributed by atoms with Crippen molar-refractivity contribution in [3.63, 3.8) is 0 Å². The molecule has 6 nitrogen and oxygen atoms in total. The first-order valence-corrected chi connectivity index (χ1v) is 7.62. The van der Waals surface area contributed by atoms with Crippen LogP contribution in [0.1, 0.15) is 5.56 Å². The molecule has 0 bridgehead atoms. The molecule has 1 amide bonds. The summed E-state index contributed by atoms with van der Waals surface area (Å²) in [4.78, 5) is 17.1. The van der Waals surface area contributed by atoms with Gasteiger partial charge in [0, 0.05) is 25.8 Å². The van der Waals surface area contributed by atoms with Gasteiger partial charge in [-0.1, -0.05) is 12.1 Å². The number of pyridine rings is 1. The average molecular weight is 404 g/mol. The summed E-state index contributed by atoms with van der Waals surface area (Å²) < 4.78 is 19.1. The van der Waals surface area contributed by atoms with Gasteiger partial charge in [0.05, 0.1) is 6.20 Å². The molecule has 0 saturated carbocycles. The second-order valence-corrected chi connectivity index (χ2v) is 5.63. The molecule has 0 spiro atoms. The van der Waals surface area contributed by atoms with Crippen LogP contribution in [0.5, 0.6) is 5.75 Å². The van der Waals surface area contributed by atoms with Gasteiger partial charge in [-0.15, -0.1) is 24.8 Å². The van der Waals surface area contributed by atoms with Gasteiger partial charge >= 0.3 is 6.09 Å². The Hall–Kier alpha value is -2.09. The van der Waals surface area contributed by atoms with E-state index in [9.17, 15) is 14.3 Å². The zero-order chi connectivity index (χ0) is 17.0. The number of benzene rings is 1. The highest BCUT2D eigenvalue weighted by Crippen LogP contribution is 2.31. The Labute approximate surface area is 163 Å². The molecule has 1 aliphatic heterocycles. The summed E-state index contributed by atoms with van der Waals surface area (Å²) in [6.07, 6.45) is 2.17. The third kappa shape index (κ3) is 4.55. The number of hydrogen-bond donors (Lipinski definition) is 2. The van der Waals surface area contributed by atoms with Gasteiger partial charge in [-0.3, -0.25) is 9.88 Å². The summed E-state index contributed by atoms with van der Waals surface area (Å²) in [6, 6.07) is 9.36.